The first-order valence-electron chi connectivity index (χ1n) is 9.19. The molecule has 0 radical (unpaired) electrons. The van der Waals surface area contributed by atoms with Crippen LogP contribution < -0.4 is 9.46 Å². The molecule has 0 bridgehead atoms. The Bertz CT molecular complexity index is 1150. The third-order valence-corrected chi connectivity index (χ3v) is 7.05. The standard InChI is InChI=1S/C20H18ClFN2O4S2/c21-16-7-19(30(25,26)24-20-11-29-12-23-20)17(22)8-18(16)28-10-13-3-1-2-4-15(13)14-5-6-27-9-14/h4-9,11-13,24H,1-3,10H2. The Hall–Kier alpha value is -2.36. The zero-order valence-corrected chi connectivity index (χ0v) is 18.1. The first-order chi connectivity index (χ1) is 14.4. The van der Waals surface area contributed by atoms with Gasteiger partial charge in [0, 0.05) is 22.9 Å². The van der Waals surface area contributed by atoms with Crippen molar-refractivity contribution < 1.29 is 22.0 Å². The highest BCUT2D eigenvalue weighted by molar-refractivity contribution is 7.92. The number of halogens is 2. The van der Waals surface area contributed by atoms with Gasteiger partial charge in [-0.15, -0.1) is 11.3 Å². The maximum absolute atomic E-state index is 14.6. The van der Waals surface area contributed by atoms with E-state index >= 15 is 0 Å². The van der Waals surface area contributed by atoms with E-state index in [1.165, 1.54) is 22.2 Å². The van der Waals surface area contributed by atoms with Crippen molar-refractivity contribution in [2.24, 2.45) is 5.92 Å². The average Bonchev–Trinajstić information content (AvgIpc) is 3.42. The summed E-state index contributed by atoms with van der Waals surface area (Å²) in [5, 5.41) is 1.52. The summed E-state index contributed by atoms with van der Waals surface area (Å²) in [5.41, 5.74) is 3.59. The van der Waals surface area contributed by atoms with Gasteiger partial charge in [-0.1, -0.05) is 17.7 Å². The molecule has 1 N–H and O–H groups in total. The number of nitrogens with zero attached hydrogens (tertiary/aromatic N) is 1. The number of aromatic nitrogens is 1. The number of nitrogens with one attached hydrogen (secondary N) is 1. The second kappa shape index (κ2) is 8.79. The summed E-state index contributed by atoms with van der Waals surface area (Å²) in [7, 11) is -4.17. The Morgan fingerprint density at radius 2 is 2.27 bits per heavy atom. The number of hydrogen-bond donors (Lipinski definition) is 1. The lowest BCUT2D eigenvalue weighted by Crippen LogP contribution is -2.17. The minimum atomic E-state index is -4.17. The maximum atomic E-state index is 14.6. The molecule has 2 heterocycles. The summed E-state index contributed by atoms with van der Waals surface area (Å²) < 4.78 is 52.7. The van der Waals surface area contributed by atoms with Gasteiger partial charge in [0.25, 0.3) is 10.0 Å². The molecule has 0 saturated carbocycles. The first kappa shape index (κ1) is 20.9. The van der Waals surface area contributed by atoms with Crippen molar-refractivity contribution in [3.05, 3.63) is 64.1 Å². The van der Waals surface area contributed by atoms with E-state index in [-0.39, 0.29) is 22.5 Å². The van der Waals surface area contributed by atoms with Crippen LogP contribution in [-0.2, 0) is 10.0 Å². The van der Waals surface area contributed by atoms with Gasteiger partial charge < -0.3 is 9.15 Å². The van der Waals surface area contributed by atoms with Gasteiger partial charge >= 0.3 is 0 Å². The van der Waals surface area contributed by atoms with E-state index in [0.29, 0.717) is 6.61 Å². The smallest absolute Gasteiger partial charge is 0.266 e. The number of ether oxygens (including phenoxy) is 1. The van der Waals surface area contributed by atoms with Crippen LogP contribution in [-0.4, -0.2) is 20.0 Å². The third-order valence-electron chi connectivity index (χ3n) is 4.80. The van der Waals surface area contributed by atoms with Crippen molar-refractivity contribution in [3.63, 3.8) is 0 Å². The molecule has 1 aliphatic rings. The number of rotatable bonds is 7. The monoisotopic (exact) mass is 468 g/mol. The van der Waals surface area contributed by atoms with Crippen LogP contribution in [0.15, 0.2) is 57.0 Å². The Balaban J connectivity index is 1.51. The zero-order chi connectivity index (χ0) is 21.1. The number of anilines is 1. The first-order valence-corrected chi connectivity index (χ1v) is 12.0. The van der Waals surface area contributed by atoms with Gasteiger partial charge in [-0.05, 0) is 37.0 Å². The molecule has 0 amide bonds. The van der Waals surface area contributed by atoms with Gasteiger partial charge in [0.05, 0.1) is 29.7 Å². The molecular formula is C20H18ClFN2O4S2. The van der Waals surface area contributed by atoms with Crippen LogP contribution in [0.4, 0.5) is 10.2 Å². The van der Waals surface area contributed by atoms with Crippen LogP contribution in [0.5, 0.6) is 5.75 Å². The van der Waals surface area contributed by atoms with Gasteiger partial charge in [-0.2, -0.15) is 0 Å². The average molecular weight is 469 g/mol. The number of hydrogen-bond acceptors (Lipinski definition) is 6. The molecule has 0 fully saturated rings. The summed E-state index contributed by atoms with van der Waals surface area (Å²) in [5.74, 6) is -0.637. The molecule has 1 aromatic carbocycles. The highest BCUT2D eigenvalue weighted by atomic mass is 35.5. The van der Waals surface area contributed by atoms with Crippen molar-refractivity contribution >= 4 is 44.4 Å². The molecule has 1 aliphatic carbocycles. The molecular weight excluding hydrogens is 451 g/mol. The van der Waals surface area contributed by atoms with E-state index in [0.717, 1.165) is 42.5 Å². The summed E-state index contributed by atoms with van der Waals surface area (Å²) in [6.45, 7) is 0.291. The molecule has 4 rings (SSSR count). The second-order valence-corrected chi connectivity index (χ2v) is 9.58. The molecule has 0 saturated heterocycles. The molecule has 0 spiro atoms. The number of allylic oxidation sites excluding steroid dienone is 1. The molecule has 1 unspecified atom stereocenters. The van der Waals surface area contributed by atoms with Crippen molar-refractivity contribution in [3.8, 4) is 5.75 Å². The molecule has 2 aromatic heterocycles. The van der Waals surface area contributed by atoms with E-state index in [1.54, 1.807) is 12.5 Å². The van der Waals surface area contributed by atoms with Gasteiger partial charge in [-0.25, -0.2) is 17.8 Å². The largest absolute Gasteiger partial charge is 0.491 e. The SMILES string of the molecule is O=S(=O)(Nc1cscn1)c1cc(Cl)c(OCC2CCCC=C2c2ccoc2)cc1F. The van der Waals surface area contributed by atoms with Crippen molar-refractivity contribution in [1.82, 2.24) is 4.98 Å². The predicted molar refractivity (Wildman–Crippen MR) is 114 cm³/mol. The molecule has 0 aliphatic heterocycles. The summed E-state index contributed by atoms with van der Waals surface area (Å²) in [6.07, 6.45) is 8.38. The van der Waals surface area contributed by atoms with Crippen molar-refractivity contribution in [2.45, 2.75) is 24.2 Å². The molecule has 158 valence electrons. The van der Waals surface area contributed by atoms with E-state index in [2.05, 4.69) is 15.8 Å². The van der Waals surface area contributed by atoms with Gasteiger partial charge in [0.15, 0.2) is 5.82 Å². The summed E-state index contributed by atoms with van der Waals surface area (Å²) in [4.78, 5) is 3.28. The van der Waals surface area contributed by atoms with Crippen LogP contribution in [0.25, 0.3) is 5.57 Å². The molecule has 30 heavy (non-hydrogen) atoms. The van der Waals surface area contributed by atoms with E-state index in [9.17, 15) is 12.8 Å². The second-order valence-electron chi connectivity index (χ2n) is 6.80. The molecule has 3 aromatic rings. The summed E-state index contributed by atoms with van der Waals surface area (Å²) >= 11 is 7.43. The molecule has 6 nitrogen and oxygen atoms in total. The van der Waals surface area contributed by atoms with Crippen LogP contribution >= 0.6 is 22.9 Å². The number of thiazole rings is 1. The van der Waals surface area contributed by atoms with Gasteiger partial charge in [-0.3, -0.25) is 4.72 Å². The van der Waals surface area contributed by atoms with Gasteiger partial charge in [0.2, 0.25) is 0 Å². The molecule has 1 atom stereocenters. The fourth-order valence-electron chi connectivity index (χ4n) is 3.37. The van der Waals surface area contributed by atoms with Crippen molar-refractivity contribution in [2.75, 3.05) is 11.3 Å². The predicted octanol–water partition coefficient (Wildman–Crippen LogP) is 5.59. The Morgan fingerprint density at radius 1 is 1.40 bits per heavy atom. The topological polar surface area (TPSA) is 81.4 Å². The maximum Gasteiger partial charge on any atom is 0.266 e. The Morgan fingerprint density at radius 3 is 3.00 bits per heavy atom. The lowest BCUT2D eigenvalue weighted by molar-refractivity contribution is 0.267. The van der Waals surface area contributed by atoms with E-state index < -0.39 is 20.7 Å². The lowest BCUT2D eigenvalue weighted by Gasteiger charge is -2.24. The third kappa shape index (κ3) is 4.53. The molecule has 10 heteroatoms. The van der Waals surface area contributed by atoms with Crippen molar-refractivity contribution in [1.29, 1.82) is 0 Å². The highest BCUT2D eigenvalue weighted by Crippen LogP contribution is 2.35. The fraction of sp³-hybridized carbons (Fsp3) is 0.250. The van der Waals surface area contributed by atoms with Crippen LogP contribution in [0.1, 0.15) is 24.8 Å². The van der Waals surface area contributed by atoms with Gasteiger partial charge in [0.1, 0.15) is 16.5 Å². The number of sulfonamides is 1. The van der Waals surface area contributed by atoms with Crippen LogP contribution in [0.3, 0.4) is 0 Å². The fourth-order valence-corrected chi connectivity index (χ4v) is 5.30. The summed E-state index contributed by atoms with van der Waals surface area (Å²) in [6, 6.07) is 3.95. The lowest BCUT2D eigenvalue weighted by atomic mass is 9.85. The normalized spacial score (nSPS) is 16.9. The van der Waals surface area contributed by atoms with E-state index in [1.807, 2.05) is 6.07 Å². The van der Waals surface area contributed by atoms with E-state index in [4.69, 9.17) is 20.8 Å². The quantitative estimate of drug-likeness (QED) is 0.488. The minimum Gasteiger partial charge on any atom is -0.491 e. The highest BCUT2D eigenvalue weighted by Gasteiger charge is 2.24. The number of furan rings is 1. The van der Waals surface area contributed by atoms with Crippen LogP contribution in [0.2, 0.25) is 5.02 Å². The Labute approximate surface area is 182 Å². The zero-order valence-electron chi connectivity index (χ0n) is 15.7. The minimum absolute atomic E-state index is 0.0136. The van der Waals surface area contributed by atoms with Crippen LogP contribution in [0, 0.1) is 11.7 Å². The number of benzene rings is 1. The Kier molecular flexibility index (Phi) is 6.12.